The highest BCUT2D eigenvalue weighted by Crippen LogP contribution is 2.23. The Labute approximate surface area is 195 Å². The zero-order chi connectivity index (χ0) is 22.3. The summed E-state index contributed by atoms with van der Waals surface area (Å²) >= 11 is 3.41. The van der Waals surface area contributed by atoms with Crippen molar-refractivity contribution in [2.75, 3.05) is 5.32 Å². The fraction of sp³-hybridized carbons (Fsp3) is 0.115. The molecule has 3 aromatic carbocycles. The van der Waals surface area contributed by atoms with E-state index in [-0.39, 0.29) is 18.1 Å². The minimum Gasteiger partial charge on any atom is -0.508 e. The molecule has 1 aromatic heterocycles. The first-order valence-corrected chi connectivity index (χ1v) is 11.1. The van der Waals surface area contributed by atoms with Crippen molar-refractivity contribution in [1.29, 1.82) is 0 Å². The maximum Gasteiger partial charge on any atom is 0.229 e. The first-order valence-electron chi connectivity index (χ1n) is 10.3. The highest BCUT2D eigenvalue weighted by molar-refractivity contribution is 9.10. The average Bonchev–Trinajstić information content (AvgIpc) is 2.81. The minimum atomic E-state index is -0.139. The number of carbonyl (C=O) groups excluding carboxylic acids is 1. The van der Waals surface area contributed by atoms with E-state index < -0.39 is 0 Å². The lowest BCUT2D eigenvalue weighted by atomic mass is 10.1. The van der Waals surface area contributed by atoms with E-state index in [1.807, 2.05) is 42.5 Å². The molecule has 0 unspecified atom stereocenters. The van der Waals surface area contributed by atoms with Crippen LogP contribution in [0.5, 0.6) is 5.75 Å². The van der Waals surface area contributed by atoms with Crippen LogP contribution in [0.2, 0.25) is 0 Å². The van der Waals surface area contributed by atoms with Gasteiger partial charge in [0, 0.05) is 10.0 Å². The highest BCUT2D eigenvalue weighted by Gasteiger charge is 2.13. The molecule has 0 saturated heterocycles. The summed E-state index contributed by atoms with van der Waals surface area (Å²) in [5, 5.41) is 12.5. The quantitative estimate of drug-likeness (QED) is 0.356. The van der Waals surface area contributed by atoms with E-state index in [0.717, 1.165) is 27.7 Å². The fourth-order valence-corrected chi connectivity index (χ4v) is 3.61. The van der Waals surface area contributed by atoms with E-state index in [0.29, 0.717) is 17.9 Å². The largest absolute Gasteiger partial charge is 0.508 e. The topological polar surface area (TPSA) is 75.1 Å². The number of phenolic OH excluding ortho intramolecular Hbond substituents is 1. The van der Waals surface area contributed by atoms with Crippen molar-refractivity contribution >= 4 is 27.7 Å². The number of aromatic hydroxyl groups is 1. The Bertz CT molecular complexity index is 1190. The number of nitrogens with zero attached hydrogens (tertiary/aromatic N) is 2. The number of rotatable bonds is 7. The van der Waals surface area contributed by atoms with Crippen molar-refractivity contribution in [2.24, 2.45) is 0 Å². The molecule has 0 aliphatic rings. The molecule has 0 aliphatic heterocycles. The first-order chi connectivity index (χ1) is 15.6. The van der Waals surface area contributed by atoms with Crippen molar-refractivity contribution in [3.8, 4) is 17.0 Å². The normalized spacial score (nSPS) is 10.7. The number of benzene rings is 3. The van der Waals surface area contributed by atoms with Gasteiger partial charge in [0.05, 0.1) is 24.0 Å². The molecule has 0 fully saturated rings. The van der Waals surface area contributed by atoms with E-state index in [9.17, 15) is 9.90 Å². The van der Waals surface area contributed by atoms with Gasteiger partial charge in [-0.05, 0) is 60.4 Å². The molecule has 32 heavy (non-hydrogen) atoms. The van der Waals surface area contributed by atoms with E-state index >= 15 is 0 Å². The average molecular weight is 488 g/mol. The maximum atomic E-state index is 12.7. The Morgan fingerprint density at radius 1 is 0.875 bits per heavy atom. The minimum absolute atomic E-state index is 0.139. The number of anilines is 1. The summed E-state index contributed by atoms with van der Waals surface area (Å²) in [4.78, 5) is 22.0. The lowest BCUT2D eigenvalue weighted by Crippen LogP contribution is -2.17. The van der Waals surface area contributed by atoms with E-state index in [1.165, 1.54) is 5.56 Å². The van der Waals surface area contributed by atoms with Gasteiger partial charge in [-0.1, -0.05) is 58.4 Å². The van der Waals surface area contributed by atoms with Gasteiger partial charge in [0.25, 0.3) is 0 Å². The Morgan fingerprint density at radius 2 is 1.59 bits per heavy atom. The molecule has 0 spiro atoms. The Hall–Kier alpha value is -3.51. The summed E-state index contributed by atoms with van der Waals surface area (Å²) in [7, 11) is 0. The maximum absolute atomic E-state index is 12.7. The van der Waals surface area contributed by atoms with Gasteiger partial charge >= 0.3 is 0 Å². The van der Waals surface area contributed by atoms with Crippen molar-refractivity contribution < 1.29 is 9.90 Å². The number of amides is 1. The predicted molar refractivity (Wildman–Crippen MR) is 129 cm³/mol. The number of hydrogen-bond donors (Lipinski definition) is 2. The van der Waals surface area contributed by atoms with Crippen molar-refractivity contribution in [1.82, 2.24) is 9.97 Å². The molecule has 1 amide bonds. The molecule has 0 bridgehead atoms. The summed E-state index contributed by atoms with van der Waals surface area (Å²) in [5.74, 6) is 0.536. The highest BCUT2D eigenvalue weighted by atomic mass is 79.9. The molecular formula is C26H22BrN3O2. The molecule has 2 N–H and O–H groups in total. The van der Waals surface area contributed by atoms with Crippen LogP contribution in [0.15, 0.2) is 89.5 Å². The number of aryl methyl sites for hydroxylation is 2. The van der Waals surface area contributed by atoms with Crippen LogP contribution in [-0.2, 0) is 24.1 Å². The van der Waals surface area contributed by atoms with Crippen LogP contribution in [0.1, 0.15) is 16.8 Å². The van der Waals surface area contributed by atoms with Gasteiger partial charge < -0.3 is 10.4 Å². The zero-order valence-electron chi connectivity index (χ0n) is 17.3. The smallest absolute Gasteiger partial charge is 0.229 e. The summed E-state index contributed by atoms with van der Waals surface area (Å²) in [6.45, 7) is 0. The van der Waals surface area contributed by atoms with Gasteiger partial charge in [-0.25, -0.2) is 9.97 Å². The second-order valence-electron chi connectivity index (χ2n) is 7.43. The first kappa shape index (κ1) is 21.7. The zero-order valence-corrected chi connectivity index (χ0v) is 18.9. The number of halogens is 1. The van der Waals surface area contributed by atoms with Gasteiger partial charge in [0.15, 0.2) is 5.82 Å². The van der Waals surface area contributed by atoms with E-state index in [2.05, 4.69) is 38.4 Å². The van der Waals surface area contributed by atoms with Gasteiger partial charge in [0.1, 0.15) is 5.75 Å². The van der Waals surface area contributed by atoms with Crippen LogP contribution in [0.25, 0.3) is 11.3 Å². The van der Waals surface area contributed by atoms with Crippen molar-refractivity contribution in [2.45, 2.75) is 19.3 Å². The SMILES string of the molecule is O=C(Cc1ccc(Br)cc1)Nc1ncc(-c2ccc(O)cc2)nc1CCc1ccccc1. The van der Waals surface area contributed by atoms with Crippen molar-refractivity contribution in [3.63, 3.8) is 0 Å². The molecule has 4 rings (SSSR count). The van der Waals surface area contributed by atoms with Crippen LogP contribution >= 0.6 is 15.9 Å². The van der Waals surface area contributed by atoms with Gasteiger partial charge in [-0.3, -0.25) is 4.79 Å². The second kappa shape index (κ2) is 10.2. The third kappa shape index (κ3) is 5.80. The Balaban J connectivity index is 1.56. The molecule has 5 nitrogen and oxygen atoms in total. The van der Waals surface area contributed by atoms with Gasteiger partial charge in [-0.15, -0.1) is 0 Å². The van der Waals surface area contributed by atoms with Crippen LogP contribution in [-0.4, -0.2) is 21.0 Å². The Kier molecular flexibility index (Phi) is 6.92. The molecule has 6 heteroatoms. The molecule has 160 valence electrons. The molecule has 1 heterocycles. The lowest BCUT2D eigenvalue weighted by Gasteiger charge is -2.12. The molecule has 0 radical (unpaired) electrons. The summed E-state index contributed by atoms with van der Waals surface area (Å²) in [6, 6.07) is 24.7. The predicted octanol–water partition coefficient (Wildman–Crippen LogP) is 5.58. The molecule has 0 atom stereocenters. The third-order valence-electron chi connectivity index (χ3n) is 5.04. The van der Waals surface area contributed by atoms with Crippen LogP contribution < -0.4 is 5.32 Å². The standard InChI is InChI=1S/C26H22BrN3O2/c27-21-11-6-19(7-12-21)16-25(32)30-26-23(15-8-18-4-2-1-3-5-18)29-24(17-28-26)20-9-13-22(31)14-10-20/h1-7,9-14,17,31H,8,15-16H2,(H,28,30,32). The number of carbonyl (C=O) groups is 1. The van der Waals surface area contributed by atoms with E-state index in [4.69, 9.17) is 4.98 Å². The van der Waals surface area contributed by atoms with Gasteiger partial charge in [-0.2, -0.15) is 0 Å². The number of hydrogen-bond acceptors (Lipinski definition) is 4. The monoisotopic (exact) mass is 487 g/mol. The number of phenols is 1. The van der Waals surface area contributed by atoms with Crippen LogP contribution in [0.3, 0.4) is 0 Å². The Morgan fingerprint density at radius 3 is 2.31 bits per heavy atom. The van der Waals surface area contributed by atoms with Crippen LogP contribution in [0.4, 0.5) is 5.82 Å². The fourth-order valence-electron chi connectivity index (χ4n) is 3.35. The molecular weight excluding hydrogens is 466 g/mol. The molecule has 0 saturated carbocycles. The summed E-state index contributed by atoms with van der Waals surface area (Å²) in [6.07, 6.45) is 3.32. The van der Waals surface area contributed by atoms with Crippen molar-refractivity contribution in [3.05, 3.63) is 106 Å². The number of aromatic nitrogens is 2. The van der Waals surface area contributed by atoms with Crippen LogP contribution in [0, 0.1) is 0 Å². The summed E-state index contributed by atoms with van der Waals surface area (Å²) in [5.41, 5.74) is 4.38. The molecule has 4 aromatic rings. The summed E-state index contributed by atoms with van der Waals surface area (Å²) < 4.78 is 0.973. The van der Waals surface area contributed by atoms with Gasteiger partial charge in [0.2, 0.25) is 5.91 Å². The molecule has 0 aliphatic carbocycles. The number of nitrogens with one attached hydrogen (secondary N) is 1. The van der Waals surface area contributed by atoms with E-state index in [1.54, 1.807) is 30.5 Å². The lowest BCUT2D eigenvalue weighted by molar-refractivity contribution is -0.115. The second-order valence-corrected chi connectivity index (χ2v) is 8.35. The third-order valence-corrected chi connectivity index (χ3v) is 5.57.